The Kier molecular flexibility index (Phi) is 6.39. The topological polar surface area (TPSA) is 72.1 Å². The second kappa shape index (κ2) is 8.98. The zero-order valence-electron chi connectivity index (χ0n) is 17.0. The number of nitrogens with zero attached hydrogens (tertiary/aromatic N) is 2. The lowest BCUT2D eigenvalue weighted by atomic mass is 9.97. The highest BCUT2D eigenvalue weighted by Crippen LogP contribution is 2.34. The molecule has 1 aromatic heterocycles. The van der Waals surface area contributed by atoms with E-state index in [1.54, 1.807) is 41.1 Å². The van der Waals surface area contributed by atoms with Crippen LogP contribution in [0.25, 0.3) is 11.1 Å². The highest BCUT2D eigenvalue weighted by atomic mass is 35.5. The van der Waals surface area contributed by atoms with Crippen LogP contribution in [0.3, 0.4) is 0 Å². The van der Waals surface area contributed by atoms with Crippen molar-refractivity contribution in [3.05, 3.63) is 86.8 Å². The molecule has 152 valence electrons. The monoisotopic (exact) mass is 420 g/mol. The minimum Gasteiger partial charge on any atom is -0.495 e. The average Bonchev–Trinajstić information content (AvgIpc) is 2.73. The van der Waals surface area contributed by atoms with E-state index >= 15 is 0 Å². The summed E-state index contributed by atoms with van der Waals surface area (Å²) in [5.41, 5.74) is 2.97. The Morgan fingerprint density at radius 2 is 1.87 bits per heavy atom. The molecule has 2 aromatic carbocycles. The Hall–Kier alpha value is -3.36. The van der Waals surface area contributed by atoms with E-state index in [2.05, 4.69) is 6.07 Å². The third-order valence-corrected chi connectivity index (χ3v) is 5.24. The summed E-state index contributed by atoms with van der Waals surface area (Å²) in [6.45, 7) is 3.42. The number of nitriles is 1. The van der Waals surface area contributed by atoms with Gasteiger partial charge in [-0.3, -0.25) is 9.59 Å². The number of halogens is 1. The van der Waals surface area contributed by atoms with Crippen molar-refractivity contribution >= 4 is 17.4 Å². The third kappa shape index (κ3) is 4.45. The van der Waals surface area contributed by atoms with Gasteiger partial charge in [0, 0.05) is 28.3 Å². The van der Waals surface area contributed by atoms with E-state index in [-0.39, 0.29) is 17.4 Å². The molecule has 1 heterocycles. The number of aromatic nitrogens is 1. The molecule has 0 fully saturated rings. The van der Waals surface area contributed by atoms with Gasteiger partial charge >= 0.3 is 0 Å². The van der Waals surface area contributed by atoms with Crippen LogP contribution in [-0.4, -0.2) is 17.5 Å². The normalized spacial score (nSPS) is 11.6. The van der Waals surface area contributed by atoms with Crippen LogP contribution in [0.15, 0.2) is 59.5 Å². The van der Waals surface area contributed by atoms with Gasteiger partial charge in [0.05, 0.1) is 24.9 Å². The van der Waals surface area contributed by atoms with E-state index in [0.29, 0.717) is 39.4 Å². The Morgan fingerprint density at radius 1 is 1.17 bits per heavy atom. The van der Waals surface area contributed by atoms with E-state index < -0.39 is 0 Å². The van der Waals surface area contributed by atoms with Gasteiger partial charge in [0.1, 0.15) is 5.75 Å². The summed E-state index contributed by atoms with van der Waals surface area (Å²) in [5.74, 6) is 0.355. The number of carbonyl (C=O) groups is 1. The van der Waals surface area contributed by atoms with Crippen LogP contribution < -0.4 is 10.3 Å². The summed E-state index contributed by atoms with van der Waals surface area (Å²) < 4.78 is 7.16. The fourth-order valence-electron chi connectivity index (χ4n) is 3.45. The predicted molar refractivity (Wildman–Crippen MR) is 117 cm³/mol. The molecule has 0 aliphatic heterocycles. The summed E-state index contributed by atoms with van der Waals surface area (Å²) in [7, 11) is 1.52. The Balaban J connectivity index is 2.02. The van der Waals surface area contributed by atoms with Crippen molar-refractivity contribution < 1.29 is 9.53 Å². The summed E-state index contributed by atoms with van der Waals surface area (Å²) in [5, 5.41) is 9.40. The molecular formula is C24H21ClN2O3. The highest BCUT2D eigenvalue weighted by molar-refractivity contribution is 6.31. The maximum absolute atomic E-state index is 12.9. The number of hydrogen-bond acceptors (Lipinski definition) is 4. The van der Waals surface area contributed by atoms with E-state index in [9.17, 15) is 9.59 Å². The van der Waals surface area contributed by atoms with Crippen LogP contribution in [0.4, 0.5) is 0 Å². The van der Waals surface area contributed by atoms with Gasteiger partial charge in [-0.15, -0.1) is 0 Å². The number of hydrogen-bond donors (Lipinski definition) is 0. The number of benzene rings is 2. The van der Waals surface area contributed by atoms with E-state index in [4.69, 9.17) is 21.6 Å². The van der Waals surface area contributed by atoms with Crippen LogP contribution in [0.5, 0.6) is 5.75 Å². The molecule has 0 spiro atoms. The van der Waals surface area contributed by atoms with Crippen molar-refractivity contribution in [2.75, 3.05) is 7.11 Å². The van der Waals surface area contributed by atoms with Crippen LogP contribution >= 0.6 is 11.6 Å². The van der Waals surface area contributed by atoms with Crippen molar-refractivity contribution in [3.63, 3.8) is 0 Å². The number of ether oxygens (including phenoxy) is 1. The molecule has 0 amide bonds. The van der Waals surface area contributed by atoms with Crippen LogP contribution in [0.1, 0.15) is 41.4 Å². The van der Waals surface area contributed by atoms with Crippen LogP contribution in [-0.2, 0) is 6.42 Å². The van der Waals surface area contributed by atoms with E-state index in [1.165, 1.54) is 20.1 Å². The number of ketones is 1. The molecule has 6 heteroatoms. The second-order valence-electron chi connectivity index (χ2n) is 7.11. The van der Waals surface area contributed by atoms with Gasteiger partial charge in [0.25, 0.3) is 5.56 Å². The summed E-state index contributed by atoms with van der Waals surface area (Å²) in [6, 6.07) is 15.7. The van der Waals surface area contributed by atoms with Crippen molar-refractivity contribution in [2.45, 2.75) is 26.3 Å². The molecule has 0 saturated carbocycles. The fraction of sp³-hybridized carbons (Fsp3) is 0.208. The van der Waals surface area contributed by atoms with Crippen molar-refractivity contribution in [1.29, 1.82) is 5.26 Å². The summed E-state index contributed by atoms with van der Waals surface area (Å²) >= 11 is 6.14. The SMILES string of the molecule is COc1cn(C(C)Cc2ccc(C#N)cc2)c(=O)cc1-c1cc(Cl)ccc1C(C)=O. The molecule has 1 unspecified atom stereocenters. The smallest absolute Gasteiger partial charge is 0.251 e. The molecule has 0 aliphatic carbocycles. The first-order chi connectivity index (χ1) is 14.3. The van der Waals surface area contributed by atoms with Gasteiger partial charge in [-0.25, -0.2) is 0 Å². The fourth-order valence-corrected chi connectivity index (χ4v) is 3.62. The standard InChI is InChI=1S/C24H21ClN2O3/c1-15(10-17-4-6-18(13-26)7-5-17)27-14-23(30-3)22(12-24(27)29)21-11-19(25)8-9-20(21)16(2)28/h4-9,11-12,14-15H,10H2,1-3H3. The molecule has 3 aromatic rings. The lowest BCUT2D eigenvalue weighted by Gasteiger charge is -2.19. The number of carbonyl (C=O) groups excluding carboxylic acids is 1. The molecule has 5 nitrogen and oxygen atoms in total. The Bertz CT molecular complexity index is 1190. The first-order valence-corrected chi connectivity index (χ1v) is 9.82. The predicted octanol–water partition coefficient (Wildman–Crippen LogP) is 5.06. The lowest BCUT2D eigenvalue weighted by molar-refractivity contribution is 0.101. The Labute approximate surface area is 180 Å². The van der Waals surface area contributed by atoms with Gasteiger partial charge < -0.3 is 9.30 Å². The van der Waals surface area contributed by atoms with Crippen LogP contribution in [0.2, 0.25) is 5.02 Å². The van der Waals surface area contributed by atoms with E-state index in [0.717, 1.165) is 5.56 Å². The molecule has 0 saturated heterocycles. The minimum atomic E-state index is -0.207. The third-order valence-electron chi connectivity index (χ3n) is 5.00. The summed E-state index contributed by atoms with van der Waals surface area (Å²) in [4.78, 5) is 25.0. The first kappa shape index (κ1) is 21.4. The molecule has 1 atom stereocenters. The quantitative estimate of drug-likeness (QED) is 0.523. The molecule has 0 N–H and O–H groups in total. The second-order valence-corrected chi connectivity index (χ2v) is 7.55. The first-order valence-electron chi connectivity index (χ1n) is 9.44. The largest absolute Gasteiger partial charge is 0.495 e. The number of pyridine rings is 1. The number of methoxy groups -OCH3 is 1. The molecule has 0 radical (unpaired) electrons. The highest BCUT2D eigenvalue weighted by Gasteiger charge is 2.18. The van der Waals surface area contributed by atoms with Gasteiger partial charge in [-0.05, 0) is 61.7 Å². The zero-order valence-corrected chi connectivity index (χ0v) is 17.7. The van der Waals surface area contributed by atoms with Gasteiger partial charge in [0.2, 0.25) is 0 Å². The maximum atomic E-state index is 12.9. The average molecular weight is 421 g/mol. The molecule has 0 aliphatic rings. The van der Waals surface area contributed by atoms with Crippen molar-refractivity contribution in [1.82, 2.24) is 4.57 Å². The number of rotatable bonds is 6. The molecule has 0 bridgehead atoms. The Morgan fingerprint density at radius 3 is 2.47 bits per heavy atom. The van der Waals surface area contributed by atoms with Crippen LogP contribution in [0, 0.1) is 11.3 Å². The minimum absolute atomic E-state index is 0.123. The lowest BCUT2D eigenvalue weighted by Crippen LogP contribution is -2.24. The van der Waals surface area contributed by atoms with Gasteiger partial charge in [-0.1, -0.05) is 23.7 Å². The molecular weight excluding hydrogens is 400 g/mol. The van der Waals surface area contributed by atoms with Crippen molar-refractivity contribution in [2.24, 2.45) is 0 Å². The van der Waals surface area contributed by atoms with Gasteiger partial charge in [-0.2, -0.15) is 5.26 Å². The zero-order chi connectivity index (χ0) is 21.8. The summed E-state index contributed by atoms with van der Waals surface area (Å²) in [6.07, 6.45) is 2.28. The number of Topliss-reactive ketones (excluding diaryl/α,β-unsaturated/α-hetero) is 1. The maximum Gasteiger partial charge on any atom is 0.251 e. The van der Waals surface area contributed by atoms with Gasteiger partial charge in [0.15, 0.2) is 5.78 Å². The van der Waals surface area contributed by atoms with Crippen molar-refractivity contribution in [3.8, 4) is 22.9 Å². The molecule has 3 rings (SSSR count). The molecule has 30 heavy (non-hydrogen) atoms. The van der Waals surface area contributed by atoms with E-state index in [1.807, 2.05) is 19.1 Å².